The second-order valence-electron chi connectivity index (χ2n) is 4.82. The average molecular weight is 252 g/mol. The topological polar surface area (TPSA) is 38.5 Å². The van der Waals surface area contributed by atoms with Crippen LogP contribution in [0.25, 0.3) is 0 Å². The van der Waals surface area contributed by atoms with E-state index in [0.717, 1.165) is 38.4 Å². The van der Waals surface area contributed by atoms with E-state index in [-0.39, 0.29) is 6.04 Å². The van der Waals surface area contributed by atoms with Crippen LogP contribution in [0.5, 0.6) is 0 Å². The first kappa shape index (κ1) is 13.5. The number of alkyl halides is 1. The molecule has 0 amide bonds. The number of rotatable bonds is 5. The highest BCUT2D eigenvalue weighted by molar-refractivity contribution is 5.23. The Morgan fingerprint density at radius 2 is 1.78 bits per heavy atom. The van der Waals surface area contributed by atoms with Gasteiger partial charge in [0.15, 0.2) is 0 Å². The molecule has 0 unspecified atom stereocenters. The standard InChI is InChI=1S/C14H21FN2O/c15-10-14(16)9-12-1-3-13(4-2-12)11-17-5-7-18-8-6-17/h1-4,14H,5-11,16H2/t14-/m0/s1. The molecule has 1 aliphatic heterocycles. The van der Waals surface area contributed by atoms with Gasteiger partial charge in [0.05, 0.1) is 13.2 Å². The summed E-state index contributed by atoms with van der Waals surface area (Å²) in [5, 5.41) is 0. The van der Waals surface area contributed by atoms with E-state index in [9.17, 15) is 4.39 Å². The van der Waals surface area contributed by atoms with Gasteiger partial charge in [-0.2, -0.15) is 0 Å². The molecule has 1 aromatic rings. The Labute approximate surface area is 108 Å². The molecule has 0 aliphatic carbocycles. The second-order valence-corrected chi connectivity index (χ2v) is 4.82. The largest absolute Gasteiger partial charge is 0.379 e. The number of halogens is 1. The third-order valence-electron chi connectivity index (χ3n) is 3.23. The van der Waals surface area contributed by atoms with Crippen LogP contribution in [-0.2, 0) is 17.7 Å². The summed E-state index contributed by atoms with van der Waals surface area (Å²) in [4.78, 5) is 2.38. The molecule has 1 aliphatic rings. The van der Waals surface area contributed by atoms with Crippen LogP contribution in [0.2, 0.25) is 0 Å². The van der Waals surface area contributed by atoms with Crippen molar-refractivity contribution in [3.05, 3.63) is 35.4 Å². The molecule has 0 saturated carbocycles. The van der Waals surface area contributed by atoms with Gasteiger partial charge in [0.1, 0.15) is 6.67 Å². The summed E-state index contributed by atoms with van der Waals surface area (Å²) < 4.78 is 17.6. The molecule has 1 atom stereocenters. The maximum absolute atomic E-state index is 12.3. The Morgan fingerprint density at radius 1 is 1.17 bits per heavy atom. The number of nitrogens with zero attached hydrogens (tertiary/aromatic N) is 1. The summed E-state index contributed by atoms with van der Waals surface area (Å²) >= 11 is 0. The highest BCUT2D eigenvalue weighted by Crippen LogP contribution is 2.10. The van der Waals surface area contributed by atoms with Gasteiger partial charge in [-0.1, -0.05) is 24.3 Å². The van der Waals surface area contributed by atoms with Gasteiger partial charge >= 0.3 is 0 Å². The molecule has 1 fully saturated rings. The fraction of sp³-hybridized carbons (Fsp3) is 0.571. The molecule has 0 spiro atoms. The summed E-state index contributed by atoms with van der Waals surface area (Å²) in [6, 6.07) is 7.93. The molecule has 18 heavy (non-hydrogen) atoms. The van der Waals surface area contributed by atoms with E-state index in [0.29, 0.717) is 6.42 Å². The zero-order valence-corrected chi connectivity index (χ0v) is 10.6. The van der Waals surface area contributed by atoms with E-state index < -0.39 is 6.67 Å². The zero-order chi connectivity index (χ0) is 12.8. The molecule has 1 aromatic carbocycles. The van der Waals surface area contributed by atoms with E-state index in [4.69, 9.17) is 10.5 Å². The first-order chi connectivity index (χ1) is 8.78. The molecule has 1 saturated heterocycles. The minimum Gasteiger partial charge on any atom is -0.379 e. The van der Waals surface area contributed by atoms with Crippen molar-refractivity contribution in [3.63, 3.8) is 0 Å². The van der Waals surface area contributed by atoms with Crippen LogP contribution in [0, 0.1) is 0 Å². The van der Waals surface area contributed by atoms with Gasteiger partial charge in [0.2, 0.25) is 0 Å². The predicted octanol–water partition coefficient (Wildman–Crippen LogP) is 1.36. The maximum atomic E-state index is 12.3. The van der Waals surface area contributed by atoms with Crippen molar-refractivity contribution in [1.82, 2.24) is 4.90 Å². The van der Waals surface area contributed by atoms with Crippen molar-refractivity contribution in [3.8, 4) is 0 Å². The van der Waals surface area contributed by atoms with E-state index in [2.05, 4.69) is 17.0 Å². The third kappa shape index (κ3) is 4.05. The number of morpholine rings is 1. The monoisotopic (exact) mass is 252 g/mol. The van der Waals surface area contributed by atoms with Crippen molar-refractivity contribution in [2.24, 2.45) is 5.73 Å². The lowest BCUT2D eigenvalue weighted by atomic mass is 10.1. The molecule has 100 valence electrons. The average Bonchev–Trinajstić information content (AvgIpc) is 2.42. The Balaban J connectivity index is 1.86. The van der Waals surface area contributed by atoms with Crippen molar-refractivity contribution in [2.75, 3.05) is 33.0 Å². The van der Waals surface area contributed by atoms with Gasteiger partial charge in [-0.25, -0.2) is 4.39 Å². The summed E-state index contributed by atoms with van der Waals surface area (Å²) in [6.07, 6.45) is 0.605. The third-order valence-corrected chi connectivity index (χ3v) is 3.23. The van der Waals surface area contributed by atoms with Crippen LogP contribution < -0.4 is 5.73 Å². The number of nitrogens with two attached hydrogens (primary N) is 1. The fourth-order valence-corrected chi connectivity index (χ4v) is 2.16. The second kappa shape index (κ2) is 6.83. The number of ether oxygens (including phenoxy) is 1. The van der Waals surface area contributed by atoms with Gasteiger partial charge in [0, 0.05) is 25.7 Å². The molecule has 0 bridgehead atoms. The predicted molar refractivity (Wildman–Crippen MR) is 70.2 cm³/mol. The Morgan fingerprint density at radius 3 is 2.39 bits per heavy atom. The SMILES string of the molecule is N[C@H](CF)Cc1ccc(CN2CCOCC2)cc1. The number of benzene rings is 1. The summed E-state index contributed by atoms with van der Waals surface area (Å²) in [7, 11) is 0. The van der Waals surface area contributed by atoms with E-state index in [1.807, 2.05) is 12.1 Å². The van der Waals surface area contributed by atoms with Gasteiger partial charge in [-0.05, 0) is 17.5 Å². The minimum atomic E-state index is -0.463. The van der Waals surface area contributed by atoms with Crippen molar-refractivity contribution >= 4 is 0 Å². The fourth-order valence-electron chi connectivity index (χ4n) is 2.16. The quantitative estimate of drug-likeness (QED) is 0.860. The van der Waals surface area contributed by atoms with Crippen molar-refractivity contribution in [2.45, 2.75) is 19.0 Å². The van der Waals surface area contributed by atoms with Crippen molar-refractivity contribution in [1.29, 1.82) is 0 Å². The Kier molecular flexibility index (Phi) is 5.11. The normalized spacial score (nSPS) is 18.8. The van der Waals surface area contributed by atoms with Gasteiger partial charge in [-0.15, -0.1) is 0 Å². The molecule has 4 heteroatoms. The van der Waals surface area contributed by atoms with E-state index in [1.54, 1.807) is 0 Å². The molecule has 0 radical (unpaired) electrons. The number of hydrogen-bond donors (Lipinski definition) is 1. The summed E-state index contributed by atoms with van der Waals surface area (Å²) in [6.45, 7) is 4.13. The molecule has 3 nitrogen and oxygen atoms in total. The molecule has 1 heterocycles. The van der Waals surface area contributed by atoms with Gasteiger partial charge in [0.25, 0.3) is 0 Å². The Hall–Kier alpha value is -0.970. The van der Waals surface area contributed by atoms with E-state index >= 15 is 0 Å². The highest BCUT2D eigenvalue weighted by atomic mass is 19.1. The lowest BCUT2D eigenvalue weighted by Crippen LogP contribution is -2.35. The molecular formula is C14H21FN2O. The summed E-state index contributed by atoms with van der Waals surface area (Å²) in [5.74, 6) is 0. The first-order valence-electron chi connectivity index (χ1n) is 6.47. The summed E-state index contributed by atoms with van der Waals surface area (Å²) in [5.41, 5.74) is 7.98. The smallest absolute Gasteiger partial charge is 0.105 e. The number of hydrogen-bond acceptors (Lipinski definition) is 3. The van der Waals surface area contributed by atoms with Crippen LogP contribution in [-0.4, -0.2) is 43.9 Å². The molecule has 2 rings (SSSR count). The van der Waals surface area contributed by atoms with Gasteiger partial charge < -0.3 is 10.5 Å². The van der Waals surface area contributed by atoms with Crippen LogP contribution in [0.3, 0.4) is 0 Å². The minimum absolute atomic E-state index is 0.380. The zero-order valence-electron chi connectivity index (χ0n) is 10.6. The molecular weight excluding hydrogens is 231 g/mol. The first-order valence-corrected chi connectivity index (χ1v) is 6.47. The lowest BCUT2D eigenvalue weighted by molar-refractivity contribution is 0.0342. The van der Waals surface area contributed by atoms with Gasteiger partial charge in [-0.3, -0.25) is 4.90 Å². The lowest BCUT2D eigenvalue weighted by Gasteiger charge is -2.26. The Bertz CT molecular complexity index is 349. The van der Waals surface area contributed by atoms with Crippen LogP contribution in [0.1, 0.15) is 11.1 Å². The molecule has 0 aromatic heterocycles. The van der Waals surface area contributed by atoms with Crippen molar-refractivity contribution < 1.29 is 9.13 Å². The van der Waals surface area contributed by atoms with Crippen LogP contribution in [0.15, 0.2) is 24.3 Å². The molecule has 2 N–H and O–H groups in total. The maximum Gasteiger partial charge on any atom is 0.105 e. The highest BCUT2D eigenvalue weighted by Gasteiger charge is 2.10. The van der Waals surface area contributed by atoms with Crippen LogP contribution in [0.4, 0.5) is 4.39 Å². The van der Waals surface area contributed by atoms with E-state index in [1.165, 1.54) is 5.56 Å². The van der Waals surface area contributed by atoms with Crippen LogP contribution >= 0.6 is 0 Å².